The van der Waals surface area contributed by atoms with Crippen molar-refractivity contribution in [1.29, 1.82) is 0 Å². The maximum absolute atomic E-state index is 14.7. The van der Waals surface area contributed by atoms with E-state index in [0.717, 1.165) is 12.2 Å². The molecule has 2 unspecified atom stereocenters. The zero-order valence-corrected chi connectivity index (χ0v) is 26.0. The van der Waals surface area contributed by atoms with Gasteiger partial charge in [0.25, 0.3) is 0 Å². The van der Waals surface area contributed by atoms with Crippen LogP contribution in [0.2, 0.25) is 13.1 Å². The second-order valence-corrected chi connectivity index (χ2v) is 52.8. The van der Waals surface area contributed by atoms with Crippen molar-refractivity contribution in [2.24, 2.45) is 0 Å². The van der Waals surface area contributed by atoms with Crippen molar-refractivity contribution in [3.8, 4) is 0 Å². The van der Waals surface area contributed by atoms with Gasteiger partial charge in [-0.1, -0.05) is 0 Å². The van der Waals surface area contributed by atoms with Gasteiger partial charge in [0.2, 0.25) is 0 Å². The monoisotopic (exact) mass is 665 g/mol. The second-order valence-electron chi connectivity index (χ2n) is 10.3. The van der Waals surface area contributed by atoms with Gasteiger partial charge in [-0.2, -0.15) is 0 Å². The minimum absolute atomic E-state index is 0.269. The topological polar surface area (TPSA) is 0 Å². The number of allylic oxidation sites excluding steroid dienone is 4. The number of benzene rings is 2. The van der Waals surface area contributed by atoms with E-state index in [1.807, 2.05) is 0 Å². The van der Waals surface area contributed by atoms with Crippen LogP contribution in [-0.2, 0) is 28.4 Å². The summed E-state index contributed by atoms with van der Waals surface area (Å²) < 4.78 is 85.3. The molecule has 0 N–H and O–H groups in total. The summed E-state index contributed by atoms with van der Waals surface area (Å²) in [6.07, 6.45) is -3.80. The molecule has 0 heterocycles. The summed E-state index contributed by atoms with van der Waals surface area (Å²) in [7, 11) is 15.1. The van der Waals surface area contributed by atoms with Gasteiger partial charge >= 0.3 is 229 Å². The fraction of sp³-hybridized carbons (Fsp3) is 0.286. The molecule has 0 amide bonds. The molecule has 203 valence electrons. The molecule has 0 saturated carbocycles. The van der Waals surface area contributed by atoms with Crippen molar-refractivity contribution >= 4 is 35.1 Å². The van der Waals surface area contributed by atoms with Crippen LogP contribution in [0.3, 0.4) is 0 Å². The van der Waals surface area contributed by atoms with Crippen LogP contribution in [0.4, 0.5) is 26.3 Å². The number of hydrogen-bond donors (Lipinski definition) is 0. The summed E-state index contributed by atoms with van der Waals surface area (Å²) in [6, 6.07) is 9.71. The first-order valence-corrected chi connectivity index (χ1v) is 28.5. The number of rotatable bonds is 7. The Hall–Kier alpha value is -1.34. The molecule has 2 aliphatic rings. The molecule has 38 heavy (non-hydrogen) atoms. The Labute approximate surface area is 227 Å². The molecule has 4 rings (SSSR count). The zero-order chi connectivity index (χ0) is 28.3. The third-order valence-corrected chi connectivity index (χ3v) is 59.4. The van der Waals surface area contributed by atoms with Crippen molar-refractivity contribution in [2.75, 3.05) is 0 Å². The molecule has 0 spiro atoms. The van der Waals surface area contributed by atoms with E-state index in [-0.39, 0.29) is 11.1 Å². The second kappa shape index (κ2) is 9.94. The van der Waals surface area contributed by atoms with Gasteiger partial charge in [-0.05, 0) is 0 Å². The van der Waals surface area contributed by atoms with Gasteiger partial charge in [0.15, 0.2) is 0 Å². The van der Waals surface area contributed by atoms with E-state index >= 15 is 0 Å². The summed E-state index contributed by atoms with van der Waals surface area (Å²) in [5.74, 6) is -2.61. The van der Waals surface area contributed by atoms with E-state index in [1.165, 1.54) is 12.1 Å². The summed E-state index contributed by atoms with van der Waals surface area (Å²) in [5.41, 5.74) is 0.510. The fourth-order valence-electron chi connectivity index (χ4n) is 6.11. The quantitative estimate of drug-likeness (QED) is 0.157. The summed E-state index contributed by atoms with van der Waals surface area (Å²) >= 11 is -6.24. The molecule has 0 aromatic heterocycles. The molecule has 0 fully saturated rings. The maximum atomic E-state index is 14.7. The normalized spacial score (nSPS) is 20.3. The molecular formula is C28H27Cl2F6SiZr. The van der Waals surface area contributed by atoms with Crippen molar-refractivity contribution in [3.05, 3.63) is 106 Å². The predicted octanol–water partition coefficient (Wildman–Crippen LogP) is 9.83. The first-order chi connectivity index (χ1) is 17.6. The van der Waals surface area contributed by atoms with Crippen molar-refractivity contribution in [1.82, 2.24) is 0 Å². The van der Waals surface area contributed by atoms with Crippen LogP contribution in [0.25, 0.3) is 12.2 Å². The van der Waals surface area contributed by atoms with Gasteiger partial charge in [0, 0.05) is 0 Å². The van der Waals surface area contributed by atoms with E-state index in [4.69, 9.17) is 17.0 Å². The molecule has 0 bridgehead atoms. The molecule has 2 aliphatic carbocycles. The summed E-state index contributed by atoms with van der Waals surface area (Å²) in [6.45, 7) is 10.8. The van der Waals surface area contributed by atoms with Crippen LogP contribution in [0.1, 0.15) is 40.6 Å². The third kappa shape index (κ3) is 4.57. The Kier molecular flexibility index (Phi) is 7.75. The number of fused-ring (bicyclic) bond motifs is 2. The first-order valence-electron chi connectivity index (χ1n) is 12.2. The molecule has 0 aliphatic heterocycles. The average molecular weight is 668 g/mol. The predicted molar refractivity (Wildman–Crippen MR) is 145 cm³/mol. The standard InChI is InChI=1S/2C13H10F3.C2H7Si.2ClH.Zr/c2*1-2-4-9-5-3-6-10-7-11(8-12(9)10)13(14,15)16;1-3-2;;;/h2*2-3,5-8H,1,4H2;3H,1-2H3;2*1H;/q;;;;;+2/p-2. The molecule has 2 aromatic rings. The summed E-state index contributed by atoms with van der Waals surface area (Å²) in [4.78, 5) is 0. The van der Waals surface area contributed by atoms with E-state index in [9.17, 15) is 26.3 Å². The molecule has 2 aromatic carbocycles. The first kappa shape index (κ1) is 29.6. The number of alkyl halides is 6. The third-order valence-electron chi connectivity index (χ3n) is 7.89. The zero-order valence-electron chi connectivity index (χ0n) is 20.9. The van der Waals surface area contributed by atoms with E-state index in [2.05, 4.69) is 13.2 Å². The van der Waals surface area contributed by atoms with Crippen LogP contribution >= 0.6 is 17.0 Å². The van der Waals surface area contributed by atoms with Gasteiger partial charge in [-0.15, -0.1) is 0 Å². The fourth-order valence-corrected chi connectivity index (χ4v) is 36.2. The van der Waals surface area contributed by atoms with Crippen molar-refractivity contribution in [3.63, 3.8) is 0 Å². The van der Waals surface area contributed by atoms with Crippen LogP contribution in [0.15, 0.2) is 72.9 Å². The average Bonchev–Trinajstić information content (AvgIpc) is 3.41. The SMILES string of the molecule is C=CCc1cccc2c1C=C(C(F)(F)F)[CH]2[Zr]([Cl])([Cl])([CH]1C(C(F)(F)F)=Cc2c(CC=C)cccc21)[SiH](C)C. The van der Waals surface area contributed by atoms with E-state index in [1.54, 1.807) is 49.5 Å². The minimum atomic E-state index is -6.24. The molecule has 2 atom stereocenters. The van der Waals surface area contributed by atoms with Crippen LogP contribution in [0, 0.1) is 0 Å². The van der Waals surface area contributed by atoms with Crippen molar-refractivity contribution < 1.29 is 41.9 Å². The van der Waals surface area contributed by atoms with Gasteiger partial charge in [-0.3, -0.25) is 0 Å². The Morgan fingerprint density at radius 3 is 1.42 bits per heavy atom. The van der Waals surface area contributed by atoms with E-state index in [0.29, 0.717) is 35.1 Å². The van der Waals surface area contributed by atoms with Crippen LogP contribution < -0.4 is 0 Å². The van der Waals surface area contributed by atoms with Gasteiger partial charge in [0.05, 0.1) is 0 Å². The molecule has 0 nitrogen and oxygen atoms in total. The van der Waals surface area contributed by atoms with Gasteiger partial charge < -0.3 is 0 Å². The van der Waals surface area contributed by atoms with Crippen molar-refractivity contribution in [2.45, 2.75) is 45.5 Å². The van der Waals surface area contributed by atoms with Crippen LogP contribution in [-0.4, -0.2) is 18.3 Å². The Balaban J connectivity index is 2.11. The van der Waals surface area contributed by atoms with Gasteiger partial charge in [0.1, 0.15) is 0 Å². The Morgan fingerprint density at radius 1 is 0.763 bits per heavy atom. The van der Waals surface area contributed by atoms with Gasteiger partial charge in [-0.25, -0.2) is 0 Å². The number of hydrogen-bond acceptors (Lipinski definition) is 0. The summed E-state index contributed by atoms with van der Waals surface area (Å²) in [5, 5.41) is 0. The molecular weight excluding hydrogens is 641 g/mol. The Bertz CT molecular complexity index is 1270. The van der Waals surface area contributed by atoms with E-state index < -0.39 is 52.2 Å². The molecule has 0 radical (unpaired) electrons. The Morgan fingerprint density at radius 2 is 1.13 bits per heavy atom. The molecule has 0 saturated heterocycles. The van der Waals surface area contributed by atoms with Crippen LogP contribution in [0.5, 0.6) is 0 Å². The molecule has 10 heteroatoms. The number of halogens is 8.